The van der Waals surface area contributed by atoms with Crippen molar-refractivity contribution >= 4 is 11.8 Å². The summed E-state index contributed by atoms with van der Waals surface area (Å²) in [5.41, 5.74) is 3.81. The van der Waals surface area contributed by atoms with Gasteiger partial charge in [0, 0.05) is 11.3 Å². The molecule has 0 amide bonds. The smallest absolute Gasteiger partial charge is 0.339 e. The molecule has 8 heteroatoms. The fourth-order valence-corrected chi connectivity index (χ4v) is 2.93. The number of ether oxygens (including phenoxy) is 1. The van der Waals surface area contributed by atoms with Gasteiger partial charge in [-0.25, -0.2) is 4.79 Å². The van der Waals surface area contributed by atoms with E-state index in [0.717, 1.165) is 11.1 Å². The summed E-state index contributed by atoms with van der Waals surface area (Å²) in [5.74, 6) is -0.267. The number of aromatic amines is 1. The number of rotatable bonds is 5. The molecular formula is C19H21N5O3. The minimum atomic E-state index is -0.682. The minimum Gasteiger partial charge on any atom is -0.465 e. The third-order valence-corrected chi connectivity index (χ3v) is 4.54. The second-order valence-corrected chi connectivity index (χ2v) is 6.46. The number of ketones is 1. The van der Waals surface area contributed by atoms with Crippen LogP contribution in [0, 0.1) is 20.8 Å². The molecule has 8 nitrogen and oxygen atoms in total. The highest BCUT2D eigenvalue weighted by molar-refractivity contribution is 6.03. The molecule has 0 fully saturated rings. The van der Waals surface area contributed by atoms with Crippen LogP contribution in [-0.2, 0) is 4.74 Å². The number of aromatic nitrogens is 5. The number of Topliss-reactive ketones (excluding diaryl/α,β-unsaturated/α-hetero) is 1. The Hall–Kier alpha value is -3.29. The second-order valence-electron chi connectivity index (χ2n) is 6.46. The molecule has 0 bridgehead atoms. The van der Waals surface area contributed by atoms with Crippen LogP contribution >= 0.6 is 0 Å². The lowest BCUT2D eigenvalue weighted by Crippen LogP contribution is -2.20. The van der Waals surface area contributed by atoms with E-state index in [1.807, 2.05) is 31.2 Å². The Labute approximate surface area is 156 Å². The zero-order valence-electron chi connectivity index (χ0n) is 15.9. The number of aryl methyl sites for hydroxylation is 2. The molecule has 140 valence electrons. The normalized spacial score (nSPS) is 12.0. The largest absolute Gasteiger partial charge is 0.465 e. The summed E-state index contributed by atoms with van der Waals surface area (Å²) in [6, 6.07) is 7.06. The topological polar surface area (TPSA) is 103 Å². The lowest BCUT2D eigenvalue weighted by molar-refractivity contribution is 0.0599. The second kappa shape index (κ2) is 7.14. The van der Waals surface area contributed by atoms with Gasteiger partial charge in [0.25, 0.3) is 0 Å². The Bertz CT molecular complexity index is 1000. The van der Waals surface area contributed by atoms with Crippen LogP contribution in [-0.4, -0.2) is 44.1 Å². The lowest BCUT2D eigenvalue weighted by atomic mass is 10.1. The standard InChI is InChI=1S/C19H21N5O3/c1-10-6-8-14(9-7-10)18-21-23-24(22-18)13(4)17(25)16-11(2)15(12(3)20-16)19(26)27-5/h6-9,13,20H,1-5H3/t13-/m0/s1. The van der Waals surface area contributed by atoms with Crippen molar-refractivity contribution in [3.63, 3.8) is 0 Å². The van der Waals surface area contributed by atoms with E-state index in [1.165, 1.54) is 11.9 Å². The zero-order chi connectivity index (χ0) is 19.7. The fourth-order valence-electron chi connectivity index (χ4n) is 2.93. The third-order valence-electron chi connectivity index (χ3n) is 4.54. The first kappa shape index (κ1) is 18.5. The lowest BCUT2D eigenvalue weighted by Gasteiger charge is -2.08. The zero-order valence-corrected chi connectivity index (χ0v) is 15.9. The Morgan fingerprint density at radius 2 is 1.81 bits per heavy atom. The fraction of sp³-hybridized carbons (Fsp3) is 0.316. The number of carbonyl (C=O) groups excluding carboxylic acids is 2. The molecule has 27 heavy (non-hydrogen) atoms. The SMILES string of the molecule is COC(=O)c1c(C)[nH]c(C(=O)[C@H](C)n2nnc(-c3ccc(C)cc3)n2)c1C. The van der Waals surface area contributed by atoms with Crippen molar-refractivity contribution in [1.82, 2.24) is 25.2 Å². The van der Waals surface area contributed by atoms with Crippen molar-refractivity contribution in [1.29, 1.82) is 0 Å². The van der Waals surface area contributed by atoms with Crippen molar-refractivity contribution in [3.8, 4) is 11.4 Å². The van der Waals surface area contributed by atoms with Gasteiger partial charge in [-0.05, 0) is 38.5 Å². The van der Waals surface area contributed by atoms with Crippen molar-refractivity contribution < 1.29 is 14.3 Å². The first-order chi connectivity index (χ1) is 12.8. The van der Waals surface area contributed by atoms with Crippen molar-refractivity contribution in [3.05, 3.63) is 52.3 Å². The van der Waals surface area contributed by atoms with Gasteiger partial charge in [0.2, 0.25) is 11.6 Å². The molecule has 0 aliphatic heterocycles. The first-order valence-electron chi connectivity index (χ1n) is 8.51. The molecule has 0 saturated heterocycles. The van der Waals surface area contributed by atoms with E-state index in [-0.39, 0.29) is 5.78 Å². The number of nitrogens with one attached hydrogen (secondary N) is 1. The molecule has 0 aliphatic rings. The molecule has 0 unspecified atom stereocenters. The summed E-state index contributed by atoms with van der Waals surface area (Å²) in [6.07, 6.45) is 0. The number of hydrogen-bond donors (Lipinski definition) is 1. The van der Waals surface area contributed by atoms with E-state index in [9.17, 15) is 9.59 Å². The van der Waals surface area contributed by atoms with Gasteiger partial charge in [0.15, 0.2) is 0 Å². The maximum atomic E-state index is 12.9. The molecule has 1 atom stereocenters. The summed E-state index contributed by atoms with van der Waals surface area (Å²) in [6.45, 7) is 7.13. The van der Waals surface area contributed by atoms with Crippen molar-refractivity contribution in [2.24, 2.45) is 0 Å². The molecular weight excluding hydrogens is 346 g/mol. The maximum absolute atomic E-state index is 12.9. The highest BCUT2D eigenvalue weighted by Gasteiger charge is 2.27. The van der Waals surface area contributed by atoms with Crippen molar-refractivity contribution in [2.45, 2.75) is 33.7 Å². The minimum absolute atomic E-state index is 0.237. The van der Waals surface area contributed by atoms with Gasteiger partial charge in [-0.2, -0.15) is 4.80 Å². The quantitative estimate of drug-likeness (QED) is 0.549. The monoisotopic (exact) mass is 367 g/mol. The molecule has 1 aromatic carbocycles. The van der Waals surface area contributed by atoms with Crippen LogP contribution in [0.5, 0.6) is 0 Å². The van der Waals surface area contributed by atoms with E-state index < -0.39 is 12.0 Å². The van der Waals surface area contributed by atoms with E-state index in [4.69, 9.17) is 4.74 Å². The Balaban J connectivity index is 1.88. The van der Waals surface area contributed by atoms with E-state index in [0.29, 0.717) is 28.3 Å². The molecule has 3 aromatic rings. The van der Waals surface area contributed by atoms with Crippen LogP contribution < -0.4 is 0 Å². The number of tetrazole rings is 1. The van der Waals surface area contributed by atoms with Gasteiger partial charge >= 0.3 is 5.97 Å². The third kappa shape index (κ3) is 3.38. The van der Waals surface area contributed by atoms with Gasteiger partial charge in [0.05, 0.1) is 18.4 Å². The molecule has 2 heterocycles. The van der Waals surface area contributed by atoms with Crippen LogP contribution in [0.1, 0.15) is 50.6 Å². The summed E-state index contributed by atoms with van der Waals surface area (Å²) >= 11 is 0. The Morgan fingerprint density at radius 3 is 2.44 bits per heavy atom. The summed E-state index contributed by atoms with van der Waals surface area (Å²) in [5, 5.41) is 12.4. The van der Waals surface area contributed by atoms with Crippen LogP contribution in [0.4, 0.5) is 0 Å². The van der Waals surface area contributed by atoms with Gasteiger partial charge in [-0.1, -0.05) is 29.8 Å². The van der Waals surface area contributed by atoms with Crippen LogP contribution in [0.25, 0.3) is 11.4 Å². The molecule has 3 rings (SSSR count). The molecule has 1 N–H and O–H groups in total. The van der Waals surface area contributed by atoms with E-state index in [1.54, 1.807) is 20.8 Å². The predicted octanol–water partition coefficient (Wildman–Crippen LogP) is 2.82. The number of methoxy groups -OCH3 is 1. The molecule has 2 aromatic heterocycles. The number of esters is 1. The van der Waals surface area contributed by atoms with E-state index in [2.05, 4.69) is 20.4 Å². The number of H-pyrrole nitrogens is 1. The van der Waals surface area contributed by atoms with Crippen LogP contribution in [0.2, 0.25) is 0 Å². The number of nitrogens with zero attached hydrogens (tertiary/aromatic N) is 4. The van der Waals surface area contributed by atoms with Crippen LogP contribution in [0.3, 0.4) is 0 Å². The van der Waals surface area contributed by atoms with Crippen LogP contribution in [0.15, 0.2) is 24.3 Å². The van der Waals surface area contributed by atoms with Gasteiger partial charge in [-0.15, -0.1) is 10.2 Å². The summed E-state index contributed by atoms with van der Waals surface area (Å²) in [7, 11) is 1.31. The predicted molar refractivity (Wildman–Crippen MR) is 98.6 cm³/mol. The molecule has 0 spiro atoms. The van der Waals surface area contributed by atoms with Gasteiger partial charge in [-0.3, -0.25) is 4.79 Å². The Morgan fingerprint density at radius 1 is 1.15 bits per heavy atom. The highest BCUT2D eigenvalue weighted by Crippen LogP contribution is 2.23. The summed E-state index contributed by atoms with van der Waals surface area (Å²) < 4.78 is 4.79. The van der Waals surface area contributed by atoms with Gasteiger partial charge in [0.1, 0.15) is 6.04 Å². The summed E-state index contributed by atoms with van der Waals surface area (Å²) in [4.78, 5) is 29.1. The Kier molecular flexibility index (Phi) is 4.89. The average molecular weight is 367 g/mol. The van der Waals surface area contributed by atoms with Gasteiger partial charge < -0.3 is 9.72 Å². The number of hydrogen-bond acceptors (Lipinski definition) is 6. The number of benzene rings is 1. The molecule has 0 radical (unpaired) electrons. The molecule has 0 saturated carbocycles. The highest BCUT2D eigenvalue weighted by atomic mass is 16.5. The molecule has 0 aliphatic carbocycles. The average Bonchev–Trinajstić information content (AvgIpc) is 3.25. The maximum Gasteiger partial charge on any atom is 0.339 e. The van der Waals surface area contributed by atoms with E-state index >= 15 is 0 Å². The number of carbonyl (C=O) groups is 2. The van der Waals surface area contributed by atoms with Crippen molar-refractivity contribution in [2.75, 3.05) is 7.11 Å². The first-order valence-corrected chi connectivity index (χ1v) is 8.51.